The van der Waals surface area contributed by atoms with E-state index in [0.717, 1.165) is 29.2 Å². The number of nitrogens with zero attached hydrogens (tertiary/aromatic N) is 2. The molecule has 1 heterocycles. The summed E-state index contributed by atoms with van der Waals surface area (Å²) in [6.07, 6.45) is 3.86. The maximum absolute atomic E-state index is 12.6. The van der Waals surface area contributed by atoms with Gasteiger partial charge in [-0.25, -0.2) is 0 Å². The third-order valence-corrected chi connectivity index (χ3v) is 5.87. The molecular weight excluding hydrogens is 370 g/mol. The fraction of sp³-hybridized carbons (Fsp3) is 0.318. The van der Waals surface area contributed by atoms with Crippen LogP contribution in [0.25, 0.3) is 10.6 Å². The van der Waals surface area contributed by atoms with Crippen LogP contribution in [0, 0.1) is 6.92 Å². The Morgan fingerprint density at radius 1 is 1.11 bits per heavy atom. The zero-order valence-electron chi connectivity index (χ0n) is 16.1. The molecule has 2 aromatic carbocycles. The molecule has 0 unspecified atom stereocenters. The van der Waals surface area contributed by atoms with E-state index in [4.69, 9.17) is 4.74 Å². The molecule has 1 aromatic heterocycles. The first-order valence-corrected chi connectivity index (χ1v) is 10.4. The van der Waals surface area contributed by atoms with E-state index in [9.17, 15) is 4.79 Å². The van der Waals surface area contributed by atoms with Crippen molar-refractivity contribution in [1.29, 1.82) is 0 Å². The van der Waals surface area contributed by atoms with Crippen molar-refractivity contribution in [3.63, 3.8) is 0 Å². The minimum absolute atomic E-state index is 0.222. The van der Waals surface area contributed by atoms with Gasteiger partial charge in [-0.1, -0.05) is 53.3 Å². The van der Waals surface area contributed by atoms with Crippen molar-refractivity contribution >= 4 is 22.4 Å². The average Bonchev–Trinajstić information content (AvgIpc) is 3.17. The third kappa shape index (κ3) is 4.07. The number of carbonyl (C=O) groups excluding carboxylic acids is 1. The first-order chi connectivity index (χ1) is 13.6. The van der Waals surface area contributed by atoms with E-state index in [1.165, 1.54) is 40.9 Å². The summed E-state index contributed by atoms with van der Waals surface area (Å²) in [5.41, 5.74) is 4.76. The van der Waals surface area contributed by atoms with Crippen LogP contribution in [0.1, 0.15) is 36.5 Å². The number of fused-ring (bicyclic) bond motifs is 1. The maximum Gasteiger partial charge on any atom is 0.266 e. The first-order valence-electron chi connectivity index (χ1n) is 9.59. The van der Waals surface area contributed by atoms with Gasteiger partial charge in [0.05, 0.1) is 0 Å². The Bertz CT molecular complexity index is 982. The molecule has 0 radical (unpaired) electrons. The van der Waals surface area contributed by atoms with Crippen LogP contribution in [-0.4, -0.2) is 22.2 Å². The molecule has 1 atom stereocenters. The van der Waals surface area contributed by atoms with E-state index in [2.05, 4.69) is 21.6 Å². The van der Waals surface area contributed by atoms with E-state index < -0.39 is 6.10 Å². The lowest BCUT2D eigenvalue weighted by atomic mass is 9.91. The monoisotopic (exact) mass is 393 g/mol. The average molecular weight is 394 g/mol. The topological polar surface area (TPSA) is 64.1 Å². The van der Waals surface area contributed by atoms with Gasteiger partial charge >= 0.3 is 0 Å². The second-order valence-electron chi connectivity index (χ2n) is 7.13. The highest BCUT2D eigenvalue weighted by molar-refractivity contribution is 7.18. The molecule has 5 nitrogen and oxygen atoms in total. The van der Waals surface area contributed by atoms with Crippen LogP contribution in [0.4, 0.5) is 5.13 Å². The van der Waals surface area contributed by atoms with E-state index in [1.807, 2.05) is 43.3 Å². The summed E-state index contributed by atoms with van der Waals surface area (Å²) >= 11 is 1.36. The molecule has 1 aliphatic rings. The van der Waals surface area contributed by atoms with Crippen LogP contribution in [0.5, 0.6) is 5.75 Å². The number of rotatable bonds is 5. The number of aromatic nitrogens is 2. The summed E-state index contributed by atoms with van der Waals surface area (Å²) in [5, 5.41) is 12.4. The molecule has 0 saturated heterocycles. The van der Waals surface area contributed by atoms with E-state index in [0.29, 0.717) is 5.13 Å². The summed E-state index contributed by atoms with van der Waals surface area (Å²) in [5.74, 6) is 0.595. The van der Waals surface area contributed by atoms with Gasteiger partial charge in [-0.2, -0.15) is 0 Å². The number of carbonyl (C=O) groups is 1. The summed E-state index contributed by atoms with van der Waals surface area (Å²) in [6.45, 7) is 3.81. The van der Waals surface area contributed by atoms with Gasteiger partial charge in [0.25, 0.3) is 5.91 Å². The molecular formula is C22H23N3O2S. The molecule has 0 aliphatic heterocycles. The SMILES string of the molecule is Cc1ccc(-c2nnc(NC(=O)[C@H](C)Oc3cccc4c3CCCC4)s2)cc1. The largest absolute Gasteiger partial charge is 0.481 e. The van der Waals surface area contributed by atoms with Crippen LogP contribution < -0.4 is 10.1 Å². The second kappa shape index (κ2) is 8.10. The number of anilines is 1. The van der Waals surface area contributed by atoms with Crippen molar-refractivity contribution in [2.45, 2.75) is 45.6 Å². The highest BCUT2D eigenvalue weighted by atomic mass is 32.1. The van der Waals surface area contributed by atoms with Gasteiger partial charge < -0.3 is 4.74 Å². The Balaban J connectivity index is 1.42. The normalized spacial score (nSPS) is 14.2. The van der Waals surface area contributed by atoms with Gasteiger partial charge in [0.2, 0.25) is 5.13 Å². The third-order valence-electron chi connectivity index (χ3n) is 4.98. The van der Waals surface area contributed by atoms with E-state index >= 15 is 0 Å². The Hall–Kier alpha value is -2.73. The molecule has 1 N–H and O–H groups in total. The van der Waals surface area contributed by atoms with Crippen molar-refractivity contribution < 1.29 is 9.53 Å². The number of hydrogen-bond donors (Lipinski definition) is 1. The highest BCUT2D eigenvalue weighted by Gasteiger charge is 2.20. The zero-order chi connectivity index (χ0) is 19.5. The highest BCUT2D eigenvalue weighted by Crippen LogP contribution is 2.30. The Kier molecular flexibility index (Phi) is 5.39. The lowest BCUT2D eigenvalue weighted by Gasteiger charge is -2.21. The van der Waals surface area contributed by atoms with Crippen LogP contribution in [0.3, 0.4) is 0 Å². The van der Waals surface area contributed by atoms with Crippen molar-refractivity contribution in [3.05, 3.63) is 59.2 Å². The minimum atomic E-state index is -0.611. The van der Waals surface area contributed by atoms with Gasteiger partial charge in [0.1, 0.15) is 10.8 Å². The zero-order valence-corrected chi connectivity index (χ0v) is 16.9. The number of amides is 1. The van der Waals surface area contributed by atoms with E-state index in [1.54, 1.807) is 6.92 Å². The molecule has 144 valence electrons. The molecule has 0 fully saturated rings. The minimum Gasteiger partial charge on any atom is -0.481 e. The van der Waals surface area contributed by atoms with Crippen molar-refractivity contribution in [2.24, 2.45) is 0 Å². The van der Waals surface area contributed by atoms with Gasteiger partial charge in [-0.05, 0) is 56.7 Å². The molecule has 0 bridgehead atoms. The molecule has 0 saturated carbocycles. The molecule has 0 spiro atoms. The Morgan fingerprint density at radius 3 is 2.71 bits per heavy atom. The van der Waals surface area contributed by atoms with Gasteiger partial charge in [0.15, 0.2) is 6.10 Å². The molecule has 28 heavy (non-hydrogen) atoms. The maximum atomic E-state index is 12.6. The van der Waals surface area contributed by atoms with Crippen molar-refractivity contribution in [1.82, 2.24) is 10.2 Å². The predicted molar refractivity (Wildman–Crippen MR) is 112 cm³/mol. The van der Waals surface area contributed by atoms with Crippen LogP contribution in [0.2, 0.25) is 0 Å². The smallest absolute Gasteiger partial charge is 0.266 e. The molecule has 1 amide bonds. The predicted octanol–water partition coefficient (Wildman–Crippen LogP) is 4.80. The summed E-state index contributed by atoms with van der Waals surface area (Å²) < 4.78 is 6.00. The number of benzene rings is 2. The molecule has 1 aliphatic carbocycles. The first kappa shape index (κ1) is 18.6. The molecule has 6 heteroatoms. The lowest BCUT2D eigenvalue weighted by Crippen LogP contribution is -2.30. The summed E-state index contributed by atoms with van der Waals surface area (Å²) in [6, 6.07) is 14.2. The summed E-state index contributed by atoms with van der Waals surface area (Å²) in [7, 11) is 0. The second-order valence-corrected chi connectivity index (χ2v) is 8.11. The van der Waals surface area contributed by atoms with Crippen LogP contribution >= 0.6 is 11.3 Å². The van der Waals surface area contributed by atoms with E-state index in [-0.39, 0.29) is 5.91 Å². The molecule has 4 rings (SSSR count). The number of nitrogens with one attached hydrogen (secondary N) is 1. The Morgan fingerprint density at radius 2 is 1.89 bits per heavy atom. The standard InChI is InChI=1S/C22H23N3O2S/c1-14-10-12-17(13-11-14)21-24-25-22(28-21)23-20(26)15(2)27-19-9-5-7-16-6-3-4-8-18(16)19/h5,7,9-13,15H,3-4,6,8H2,1-2H3,(H,23,25,26)/t15-/m0/s1. The van der Waals surface area contributed by atoms with Crippen LogP contribution in [0.15, 0.2) is 42.5 Å². The van der Waals surface area contributed by atoms with Crippen LogP contribution in [-0.2, 0) is 17.6 Å². The van der Waals surface area contributed by atoms with Gasteiger partial charge in [-0.3, -0.25) is 10.1 Å². The number of ether oxygens (including phenoxy) is 1. The lowest BCUT2D eigenvalue weighted by molar-refractivity contribution is -0.122. The van der Waals surface area contributed by atoms with Gasteiger partial charge in [0, 0.05) is 5.56 Å². The van der Waals surface area contributed by atoms with Crippen molar-refractivity contribution in [3.8, 4) is 16.3 Å². The fourth-order valence-corrected chi connectivity index (χ4v) is 4.15. The quantitative estimate of drug-likeness (QED) is 0.676. The number of hydrogen-bond acceptors (Lipinski definition) is 5. The molecule has 3 aromatic rings. The Labute approximate surface area is 168 Å². The number of aryl methyl sites for hydroxylation is 2. The fourth-order valence-electron chi connectivity index (χ4n) is 3.39. The van der Waals surface area contributed by atoms with Gasteiger partial charge in [-0.15, -0.1) is 10.2 Å². The van der Waals surface area contributed by atoms with Crippen molar-refractivity contribution in [2.75, 3.05) is 5.32 Å². The summed E-state index contributed by atoms with van der Waals surface area (Å²) in [4.78, 5) is 12.6.